The molecule has 0 aromatic heterocycles. The van der Waals surface area contributed by atoms with Crippen molar-refractivity contribution in [2.75, 3.05) is 6.61 Å². The van der Waals surface area contributed by atoms with Gasteiger partial charge in [0.1, 0.15) is 24.1 Å². The van der Waals surface area contributed by atoms with E-state index < -0.39 is 78.1 Å². The van der Waals surface area contributed by atoms with E-state index in [0.717, 1.165) is 6.92 Å². The van der Waals surface area contributed by atoms with Crippen LogP contribution in [0.15, 0.2) is 24.3 Å². The lowest BCUT2D eigenvalue weighted by Crippen LogP contribution is -2.67. The molecule has 4 saturated heterocycles. The monoisotopic (exact) mass is 510 g/mol. The molecule has 0 aliphatic carbocycles. The van der Waals surface area contributed by atoms with E-state index in [1.54, 1.807) is 0 Å². The lowest BCUT2D eigenvalue weighted by Gasteiger charge is -2.46. The minimum absolute atomic E-state index is 0.0487. The number of aliphatic hydroxyl groups is 3. The predicted octanol–water partition coefficient (Wildman–Crippen LogP) is -1.41. The molecule has 0 radical (unpaired) electrons. The van der Waals surface area contributed by atoms with Gasteiger partial charge in [-0.3, -0.25) is 9.59 Å². The quantitative estimate of drug-likeness (QED) is 0.273. The first-order chi connectivity index (χ1) is 17.0. The Labute approximate surface area is 204 Å². The Kier molecular flexibility index (Phi) is 5.97. The SMILES string of the molecule is CC(=O)O[C@@H]1[C@H](O)[C@@H](O)[C@H](O[C@]23OC[C@H](O)[C@H]2OC(=O)[C@@]32OC(=O)C[C@@H]2c2ccc(O)cc2)O[C@@H]1C. The van der Waals surface area contributed by atoms with Crippen molar-refractivity contribution in [2.24, 2.45) is 0 Å². The molecule has 4 heterocycles. The Bertz CT molecular complexity index is 1060. The van der Waals surface area contributed by atoms with Gasteiger partial charge in [0.15, 0.2) is 18.5 Å². The molecule has 5 rings (SSSR count). The van der Waals surface area contributed by atoms with Crippen LogP contribution >= 0.6 is 0 Å². The smallest absolute Gasteiger partial charge is 0.357 e. The van der Waals surface area contributed by atoms with Crippen molar-refractivity contribution in [1.29, 1.82) is 0 Å². The number of hydrogen-bond acceptors (Lipinski definition) is 13. The van der Waals surface area contributed by atoms with Crippen LogP contribution in [0.3, 0.4) is 0 Å². The van der Waals surface area contributed by atoms with E-state index >= 15 is 0 Å². The molecule has 0 unspecified atom stereocenters. The van der Waals surface area contributed by atoms with Crippen molar-refractivity contribution in [1.82, 2.24) is 0 Å². The number of aromatic hydroxyl groups is 1. The molecule has 4 aliphatic rings. The van der Waals surface area contributed by atoms with Crippen LogP contribution < -0.4 is 0 Å². The standard InChI is InChI=1S/C23H26O13/c1-9-18(33-10(2)24)16(28)17(29)20(32-9)36-23-19(14(26)8-31-23)34-21(30)22(23)13(7-15(27)35-22)11-3-5-12(25)6-4-11/h3-6,9,13-14,16-20,25-26,28-29H,7-8H2,1-2H3/t9-,13-,14+,16-,17-,18+,19-,20+,22-,23-/m1/s1. The normalized spacial score (nSPS) is 43.8. The van der Waals surface area contributed by atoms with Gasteiger partial charge in [0, 0.05) is 6.92 Å². The number of rotatable bonds is 4. The van der Waals surface area contributed by atoms with Crippen LogP contribution in [0.4, 0.5) is 0 Å². The summed E-state index contributed by atoms with van der Waals surface area (Å²) < 4.78 is 33.6. The Balaban J connectivity index is 1.55. The van der Waals surface area contributed by atoms with E-state index in [-0.39, 0.29) is 18.8 Å². The van der Waals surface area contributed by atoms with Gasteiger partial charge in [-0.1, -0.05) is 12.1 Å². The third-order valence-corrected chi connectivity index (χ3v) is 7.05. The van der Waals surface area contributed by atoms with Crippen LogP contribution in [0, 0.1) is 0 Å². The van der Waals surface area contributed by atoms with Crippen LogP contribution in [-0.4, -0.2) is 99.2 Å². The highest BCUT2D eigenvalue weighted by Crippen LogP contribution is 2.58. The highest BCUT2D eigenvalue weighted by Gasteiger charge is 2.82. The summed E-state index contributed by atoms with van der Waals surface area (Å²) in [5.41, 5.74) is -1.83. The summed E-state index contributed by atoms with van der Waals surface area (Å²) in [5.74, 6) is -5.85. The van der Waals surface area contributed by atoms with Crippen LogP contribution in [0.2, 0.25) is 0 Å². The lowest BCUT2D eigenvalue weighted by molar-refractivity contribution is -0.386. The largest absolute Gasteiger partial charge is 0.508 e. The molecule has 4 N–H and O–H groups in total. The number of fused-ring (bicyclic) bond motifs is 2. The average Bonchev–Trinajstić information content (AvgIpc) is 3.41. The molecule has 196 valence electrons. The molecule has 0 bridgehead atoms. The zero-order valence-electron chi connectivity index (χ0n) is 19.3. The van der Waals surface area contributed by atoms with Crippen molar-refractivity contribution in [3.05, 3.63) is 29.8 Å². The Hall–Kier alpha value is -2.81. The van der Waals surface area contributed by atoms with Crippen LogP contribution in [-0.2, 0) is 42.8 Å². The molecule has 13 heteroatoms. The first-order valence-electron chi connectivity index (χ1n) is 11.4. The molecule has 36 heavy (non-hydrogen) atoms. The number of phenols is 1. The molecule has 1 aromatic carbocycles. The van der Waals surface area contributed by atoms with E-state index in [2.05, 4.69) is 0 Å². The van der Waals surface area contributed by atoms with Gasteiger partial charge in [0.05, 0.1) is 25.0 Å². The average molecular weight is 510 g/mol. The number of carbonyl (C=O) groups is 3. The zero-order valence-corrected chi connectivity index (χ0v) is 19.3. The van der Waals surface area contributed by atoms with Gasteiger partial charge in [-0.25, -0.2) is 4.79 Å². The number of esters is 3. The maximum Gasteiger partial charge on any atom is 0.357 e. The molecular formula is C23H26O13. The molecule has 10 atom stereocenters. The number of hydrogen-bond donors (Lipinski definition) is 4. The Morgan fingerprint density at radius 3 is 2.47 bits per heavy atom. The molecule has 0 saturated carbocycles. The fourth-order valence-electron chi connectivity index (χ4n) is 5.43. The van der Waals surface area contributed by atoms with Crippen molar-refractivity contribution in [2.45, 2.75) is 80.5 Å². The molecule has 4 fully saturated rings. The van der Waals surface area contributed by atoms with E-state index in [4.69, 9.17) is 28.4 Å². The van der Waals surface area contributed by atoms with Gasteiger partial charge < -0.3 is 48.8 Å². The van der Waals surface area contributed by atoms with Crippen LogP contribution in [0.1, 0.15) is 31.7 Å². The van der Waals surface area contributed by atoms with Crippen molar-refractivity contribution >= 4 is 17.9 Å². The number of phenolic OH excluding ortho intramolecular Hbond substituents is 1. The minimum Gasteiger partial charge on any atom is -0.508 e. The summed E-state index contributed by atoms with van der Waals surface area (Å²) in [6, 6.07) is 5.71. The highest BCUT2D eigenvalue weighted by atomic mass is 16.8. The highest BCUT2D eigenvalue weighted by molar-refractivity contribution is 5.92. The van der Waals surface area contributed by atoms with Gasteiger partial charge in [-0.15, -0.1) is 0 Å². The fraction of sp³-hybridized carbons (Fsp3) is 0.609. The number of aliphatic hydroxyl groups excluding tert-OH is 3. The summed E-state index contributed by atoms with van der Waals surface area (Å²) >= 11 is 0. The van der Waals surface area contributed by atoms with E-state index in [9.17, 15) is 34.8 Å². The zero-order chi connectivity index (χ0) is 26.0. The van der Waals surface area contributed by atoms with E-state index in [0.29, 0.717) is 5.56 Å². The fourth-order valence-corrected chi connectivity index (χ4v) is 5.43. The summed E-state index contributed by atoms with van der Waals surface area (Å²) in [5, 5.41) is 41.6. The maximum absolute atomic E-state index is 13.4. The number of carbonyl (C=O) groups excluding carboxylic acids is 3. The van der Waals surface area contributed by atoms with Crippen molar-refractivity contribution in [3.8, 4) is 5.75 Å². The van der Waals surface area contributed by atoms with Gasteiger partial charge in [0.2, 0.25) is 0 Å². The van der Waals surface area contributed by atoms with Crippen LogP contribution in [0.5, 0.6) is 5.75 Å². The Morgan fingerprint density at radius 2 is 1.81 bits per heavy atom. The molecule has 0 amide bonds. The second-order valence-corrected chi connectivity index (χ2v) is 9.31. The van der Waals surface area contributed by atoms with E-state index in [1.165, 1.54) is 31.2 Å². The Morgan fingerprint density at radius 1 is 1.11 bits per heavy atom. The first-order valence-corrected chi connectivity index (χ1v) is 11.4. The molecule has 1 spiro atoms. The third kappa shape index (κ3) is 3.49. The third-order valence-electron chi connectivity index (χ3n) is 7.05. The molecule has 1 aromatic rings. The maximum atomic E-state index is 13.4. The van der Waals surface area contributed by atoms with Gasteiger partial charge >= 0.3 is 17.9 Å². The molecular weight excluding hydrogens is 484 g/mol. The van der Waals surface area contributed by atoms with Gasteiger partial charge in [0.25, 0.3) is 11.4 Å². The second kappa shape index (κ2) is 8.64. The molecule has 13 nitrogen and oxygen atoms in total. The summed E-state index contributed by atoms with van der Waals surface area (Å²) in [7, 11) is 0. The predicted molar refractivity (Wildman–Crippen MR) is 112 cm³/mol. The summed E-state index contributed by atoms with van der Waals surface area (Å²) in [6.07, 6.45) is -10.4. The van der Waals surface area contributed by atoms with Gasteiger partial charge in [-0.2, -0.15) is 0 Å². The van der Waals surface area contributed by atoms with E-state index in [1.807, 2.05) is 0 Å². The summed E-state index contributed by atoms with van der Waals surface area (Å²) in [6.45, 7) is 2.24. The van der Waals surface area contributed by atoms with Gasteiger partial charge in [-0.05, 0) is 24.6 Å². The lowest BCUT2D eigenvalue weighted by atomic mass is 9.75. The second-order valence-electron chi connectivity index (χ2n) is 9.31. The van der Waals surface area contributed by atoms with Crippen molar-refractivity contribution in [3.63, 3.8) is 0 Å². The molecule has 4 aliphatic heterocycles. The number of ether oxygens (including phenoxy) is 6. The van der Waals surface area contributed by atoms with Crippen molar-refractivity contribution < 1.29 is 63.2 Å². The minimum atomic E-state index is -2.27. The van der Waals surface area contributed by atoms with Crippen LogP contribution in [0.25, 0.3) is 0 Å². The topological polar surface area (TPSA) is 188 Å². The number of benzene rings is 1. The summed E-state index contributed by atoms with van der Waals surface area (Å²) in [4.78, 5) is 37.4. The first kappa shape index (κ1) is 24.9.